The average molecular weight is 477 g/mol. The zero-order valence-electron chi connectivity index (χ0n) is 20.2. The van der Waals surface area contributed by atoms with E-state index in [0.717, 1.165) is 11.1 Å². The number of carboxylic acids is 1. The van der Waals surface area contributed by atoms with Gasteiger partial charge < -0.3 is 20.1 Å². The lowest BCUT2D eigenvalue weighted by atomic mass is 9.95. The Hall–Kier alpha value is -3.35. The summed E-state index contributed by atoms with van der Waals surface area (Å²) in [5, 5.41) is 12.3. The number of piperidine rings is 1. The number of amides is 2. The molecule has 3 atom stereocenters. The van der Waals surface area contributed by atoms with Crippen molar-refractivity contribution in [3.05, 3.63) is 59.7 Å². The van der Waals surface area contributed by atoms with E-state index < -0.39 is 23.4 Å². The summed E-state index contributed by atoms with van der Waals surface area (Å²) in [4.78, 5) is 39.1. The Morgan fingerprint density at radius 2 is 1.71 bits per heavy atom. The first-order valence-corrected chi connectivity index (χ1v) is 12.4. The molecule has 7 heteroatoms. The van der Waals surface area contributed by atoms with E-state index in [1.807, 2.05) is 38.1 Å². The van der Waals surface area contributed by atoms with Gasteiger partial charge in [0, 0.05) is 25.6 Å². The second-order valence-corrected chi connectivity index (χ2v) is 10.6. The molecule has 2 fully saturated rings. The van der Waals surface area contributed by atoms with Crippen molar-refractivity contribution in [2.24, 2.45) is 23.2 Å². The molecule has 1 aliphatic heterocycles. The zero-order valence-corrected chi connectivity index (χ0v) is 20.2. The van der Waals surface area contributed by atoms with E-state index in [1.165, 1.54) is 11.1 Å². The molecule has 5 rings (SSSR count). The van der Waals surface area contributed by atoms with Crippen molar-refractivity contribution in [2.75, 3.05) is 26.2 Å². The topological polar surface area (TPSA) is 95.9 Å². The van der Waals surface area contributed by atoms with Gasteiger partial charge in [-0.15, -0.1) is 0 Å². The van der Waals surface area contributed by atoms with Crippen molar-refractivity contribution < 1.29 is 24.2 Å². The van der Waals surface area contributed by atoms with E-state index >= 15 is 0 Å². The van der Waals surface area contributed by atoms with Crippen molar-refractivity contribution in [2.45, 2.75) is 32.6 Å². The van der Waals surface area contributed by atoms with E-state index in [1.54, 1.807) is 4.90 Å². The lowest BCUT2D eigenvalue weighted by molar-refractivity contribution is -0.144. The minimum Gasteiger partial charge on any atom is -0.481 e. The lowest BCUT2D eigenvalue weighted by Gasteiger charge is -2.26. The van der Waals surface area contributed by atoms with Gasteiger partial charge in [0.2, 0.25) is 5.91 Å². The predicted molar refractivity (Wildman–Crippen MR) is 131 cm³/mol. The molecule has 1 saturated heterocycles. The smallest absolute Gasteiger partial charge is 0.407 e. The lowest BCUT2D eigenvalue weighted by Crippen LogP contribution is -2.43. The summed E-state index contributed by atoms with van der Waals surface area (Å²) in [6.07, 6.45) is 0.725. The number of rotatable bonds is 8. The maximum atomic E-state index is 13.2. The molecule has 0 bridgehead atoms. The van der Waals surface area contributed by atoms with Crippen LogP contribution < -0.4 is 5.32 Å². The summed E-state index contributed by atoms with van der Waals surface area (Å²) < 4.78 is 5.62. The van der Waals surface area contributed by atoms with Gasteiger partial charge in [0.25, 0.3) is 0 Å². The number of ether oxygens (including phenoxy) is 1. The number of hydrogen-bond donors (Lipinski definition) is 2. The first kappa shape index (κ1) is 23.4. The third kappa shape index (κ3) is 4.28. The van der Waals surface area contributed by atoms with Crippen LogP contribution in [0, 0.1) is 23.2 Å². The van der Waals surface area contributed by atoms with Crippen LogP contribution >= 0.6 is 0 Å². The molecule has 0 radical (unpaired) electrons. The number of fused-ring (bicyclic) bond motifs is 4. The van der Waals surface area contributed by atoms with Crippen LogP contribution in [0.1, 0.15) is 43.7 Å². The van der Waals surface area contributed by atoms with Crippen molar-refractivity contribution in [1.29, 1.82) is 0 Å². The van der Waals surface area contributed by atoms with Gasteiger partial charge in [0.1, 0.15) is 6.61 Å². The number of nitrogens with zero attached hydrogens (tertiary/aromatic N) is 1. The Morgan fingerprint density at radius 3 is 2.29 bits per heavy atom. The molecule has 35 heavy (non-hydrogen) atoms. The van der Waals surface area contributed by atoms with Crippen LogP contribution in [0.2, 0.25) is 0 Å². The van der Waals surface area contributed by atoms with Crippen molar-refractivity contribution in [3.63, 3.8) is 0 Å². The van der Waals surface area contributed by atoms with Crippen LogP contribution in [0.4, 0.5) is 4.79 Å². The minimum atomic E-state index is -0.810. The highest BCUT2D eigenvalue weighted by Crippen LogP contribution is 2.58. The van der Waals surface area contributed by atoms with E-state index in [-0.39, 0.29) is 43.4 Å². The monoisotopic (exact) mass is 476 g/mol. The Morgan fingerprint density at radius 1 is 1.09 bits per heavy atom. The van der Waals surface area contributed by atoms with Crippen molar-refractivity contribution in [1.82, 2.24) is 10.2 Å². The highest BCUT2D eigenvalue weighted by atomic mass is 16.5. The summed E-state index contributed by atoms with van der Waals surface area (Å²) in [5.74, 6) is -0.998. The molecule has 184 valence electrons. The second kappa shape index (κ2) is 9.02. The van der Waals surface area contributed by atoms with Crippen molar-refractivity contribution in [3.8, 4) is 11.1 Å². The van der Waals surface area contributed by atoms with Crippen LogP contribution in [0.25, 0.3) is 11.1 Å². The van der Waals surface area contributed by atoms with Gasteiger partial charge in [0.15, 0.2) is 0 Å². The fraction of sp³-hybridized carbons (Fsp3) is 0.464. The number of alkyl carbamates (subject to hydrolysis) is 1. The number of carbonyl (C=O) groups is 3. The maximum Gasteiger partial charge on any atom is 0.407 e. The third-order valence-electron chi connectivity index (χ3n) is 7.83. The molecule has 2 aromatic rings. The molecule has 2 aromatic carbocycles. The van der Waals surface area contributed by atoms with Crippen molar-refractivity contribution >= 4 is 18.0 Å². The van der Waals surface area contributed by atoms with Crippen LogP contribution in [0.5, 0.6) is 0 Å². The molecule has 0 aromatic heterocycles. The van der Waals surface area contributed by atoms with Gasteiger partial charge in [-0.25, -0.2) is 4.79 Å². The summed E-state index contributed by atoms with van der Waals surface area (Å²) in [7, 11) is 0. The summed E-state index contributed by atoms with van der Waals surface area (Å²) in [6.45, 7) is 5.23. The minimum absolute atomic E-state index is 0.0234. The van der Waals surface area contributed by atoms with E-state index in [4.69, 9.17) is 4.74 Å². The molecule has 7 nitrogen and oxygen atoms in total. The molecule has 0 spiro atoms. The largest absolute Gasteiger partial charge is 0.481 e. The van der Waals surface area contributed by atoms with Crippen LogP contribution in [-0.4, -0.2) is 54.2 Å². The average Bonchev–Trinajstić information content (AvgIpc) is 3.27. The second-order valence-electron chi connectivity index (χ2n) is 10.6. The number of hydrogen-bond acceptors (Lipinski definition) is 4. The third-order valence-corrected chi connectivity index (χ3v) is 7.83. The van der Waals surface area contributed by atoms with E-state index in [2.05, 4.69) is 29.6 Å². The zero-order chi connectivity index (χ0) is 24.7. The fourth-order valence-corrected chi connectivity index (χ4v) is 5.94. The Balaban J connectivity index is 1.19. The SMILES string of the molecule is CC(C)CC(CNC(=O)OCC1c2ccccc2-c2ccccc21)C(=O)N1CC2CC2(C(=O)O)C1. The fourth-order valence-electron chi connectivity index (χ4n) is 5.94. The van der Waals surface area contributed by atoms with Crippen LogP contribution in [0.15, 0.2) is 48.5 Å². The van der Waals surface area contributed by atoms with Crippen LogP contribution in [-0.2, 0) is 14.3 Å². The molecule has 1 saturated carbocycles. The molecule has 1 heterocycles. The number of likely N-dealkylation sites (tertiary alicyclic amines) is 1. The standard InChI is InChI=1S/C28H32N2O5/c1-17(2)11-18(25(31)30-14-19-12-28(19,16-30)26(32)33)13-29-27(34)35-15-24-22-9-5-3-7-20(22)21-8-4-6-10-23(21)24/h3-10,17-19,24H,11-16H2,1-2H3,(H,29,34)(H,32,33). The summed E-state index contributed by atoms with van der Waals surface area (Å²) in [6, 6.07) is 16.3. The summed E-state index contributed by atoms with van der Waals surface area (Å²) >= 11 is 0. The molecule has 2 aliphatic carbocycles. The quantitative estimate of drug-likeness (QED) is 0.598. The number of carboxylic acid groups (broad SMARTS) is 1. The molecular formula is C28H32N2O5. The maximum absolute atomic E-state index is 13.2. The van der Waals surface area contributed by atoms with Gasteiger partial charge >= 0.3 is 12.1 Å². The van der Waals surface area contributed by atoms with Gasteiger partial charge in [-0.2, -0.15) is 0 Å². The van der Waals surface area contributed by atoms with Gasteiger partial charge in [0.05, 0.1) is 11.3 Å². The first-order valence-electron chi connectivity index (χ1n) is 12.4. The number of benzene rings is 2. The highest BCUT2D eigenvalue weighted by Gasteiger charge is 2.66. The number of nitrogens with one attached hydrogen (secondary N) is 1. The van der Waals surface area contributed by atoms with E-state index in [0.29, 0.717) is 19.4 Å². The first-order chi connectivity index (χ1) is 16.8. The molecule has 2 N–H and O–H groups in total. The predicted octanol–water partition coefficient (Wildman–Crippen LogP) is 4.12. The molecule has 2 amide bonds. The normalized spacial score (nSPS) is 22.8. The highest BCUT2D eigenvalue weighted by molar-refractivity contribution is 5.85. The molecular weight excluding hydrogens is 444 g/mol. The summed E-state index contributed by atoms with van der Waals surface area (Å²) in [5.41, 5.74) is 3.88. The van der Waals surface area contributed by atoms with Crippen LogP contribution in [0.3, 0.4) is 0 Å². The van der Waals surface area contributed by atoms with Gasteiger partial charge in [-0.1, -0.05) is 62.4 Å². The van der Waals surface area contributed by atoms with E-state index in [9.17, 15) is 19.5 Å². The molecule has 3 aliphatic rings. The van der Waals surface area contributed by atoms with Gasteiger partial charge in [-0.05, 0) is 46.9 Å². The Bertz CT molecular complexity index is 1120. The van der Waals surface area contributed by atoms with Gasteiger partial charge in [-0.3, -0.25) is 9.59 Å². The Kier molecular flexibility index (Phi) is 6.03. The number of aliphatic carboxylic acids is 1. The molecule has 3 unspecified atom stereocenters. The number of carbonyl (C=O) groups excluding carboxylic acids is 2. The Labute approximate surface area is 205 Å².